The fourth-order valence-corrected chi connectivity index (χ4v) is 2.06. The first-order valence-corrected chi connectivity index (χ1v) is 6.00. The Labute approximate surface area is 107 Å². The third kappa shape index (κ3) is 3.06. The molecule has 0 amide bonds. The Morgan fingerprint density at radius 3 is 2.33 bits per heavy atom. The van der Waals surface area contributed by atoms with Gasteiger partial charge >= 0.3 is 0 Å². The van der Waals surface area contributed by atoms with Gasteiger partial charge in [0.1, 0.15) is 5.82 Å². The van der Waals surface area contributed by atoms with Crippen LogP contribution in [0.15, 0.2) is 36.7 Å². The summed E-state index contributed by atoms with van der Waals surface area (Å²) in [7, 11) is 0. The van der Waals surface area contributed by atoms with Crippen LogP contribution in [0.25, 0.3) is 0 Å². The molecule has 1 atom stereocenters. The van der Waals surface area contributed by atoms with Crippen molar-refractivity contribution in [3.8, 4) is 0 Å². The molecule has 2 rings (SSSR count). The first-order chi connectivity index (χ1) is 8.54. The minimum Gasteiger partial charge on any atom is -0.378 e. The molecule has 1 aromatic carbocycles. The number of rotatable bonds is 3. The van der Waals surface area contributed by atoms with Gasteiger partial charge in [-0.2, -0.15) is 0 Å². The summed E-state index contributed by atoms with van der Waals surface area (Å²) in [5.41, 5.74) is 4.31. The Balaban J connectivity index is 2.18. The Bertz CT molecular complexity index is 532. The molecule has 0 saturated carbocycles. The van der Waals surface area contributed by atoms with Gasteiger partial charge in [0.25, 0.3) is 0 Å². The standard InChI is InChI=1S/C15H17FN2/c1-10-4-11(2)6-15(5-10)18-12(3)13-7-14(16)9-17-8-13/h4-9,12,18H,1-3H3. The topological polar surface area (TPSA) is 24.9 Å². The number of hydrogen-bond donors (Lipinski definition) is 1. The monoisotopic (exact) mass is 244 g/mol. The van der Waals surface area contributed by atoms with Gasteiger partial charge in [-0.1, -0.05) is 6.07 Å². The van der Waals surface area contributed by atoms with E-state index in [0.29, 0.717) is 0 Å². The molecular weight excluding hydrogens is 227 g/mol. The molecule has 1 N–H and O–H groups in total. The number of nitrogens with zero attached hydrogens (tertiary/aromatic N) is 1. The average Bonchev–Trinajstić information content (AvgIpc) is 2.27. The van der Waals surface area contributed by atoms with E-state index in [-0.39, 0.29) is 11.9 Å². The van der Waals surface area contributed by atoms with Crippen molar-refractivity contribution in [2.75, 3.05) is 5.32 Å². The predicted octanol–water partition coefficient (Wildman–Crippen LogP) is 4.01. The second-order valence-corrected chi connectivity index (χ2v) is 4.68. The molecule has 0 aliphatic carbocycles. The second-order valence-electron chi connectivity index (χ2n) is 4.68. The zero-order valence-electron chi connectivity index (χ0n) is 10.9. The number of nitrogens with one attached hydrogen (secondary N) is 1. The number of hydrogen-bond acceptors (Lipinski definition) is 2. The minimum atomic E-state index is -0.304. The van der Waals surface area contributed by atoms with Gasteiger partial charge in [0.15, 0.2) is 0 Å². The summed E-state index contributed by atoms with van der Waals surface area (Å²) < 4.78 is 13.1. The van der Waals surface area contributed by atoms with Crippen LogP contribution in [0.5, 0.6) is 0 Å². The smallest absolute Gasteiger partial charge is 0.141 e. The summed E-state index contributed by atoms with van der Waals surface area (Å²) in [6.45, 7) is 6.12. The van der Waals surface area contributed by atoms with Crippen LogP contribution < -0.4 is 5.32 Å². The number of aryl methyl sites for hydroxylation is 2. The summed E-state index contributed by atoms with van der Waals surface area (Å²) >= 11 is 0. The van der Waals surface area contributed by atoms with E-state index >= 15 is 0 Å². The molecule has 2 nitrogen and oxygen atoms in total. The highest BCUT2D eigenvalue weighted by Gasteiger charge is 2.07. The molecule has 2 aromatic rings. The highest BCUT2D eigenvalue weighted by Crippen LogP contribution is 2.21. The van der Waals surface area contributed by atoms with Crippen molar-refractivity contribution in [3.05, 3.63) is 59.2 Å². The van der Waals surface area contributed by atoms with Crippen LogP contribution in [-0.2, 0) is 0 Å². The largest absolute Gasteiger partial charge is 0.378 e. The third-order valence-electron chi connectivity index (χ3n) is 2.83. The molecule has 3 heteroatoms. The Morgan fingerprint density at radius 2 is 1.72 bits per heavy atom. The van der Waals surface area contributed by atoms with Crippen molar-refractivity contribution in [1.82, 2.24) is 4.98 Å². The molecule has 1 aromatic heterocycles. The van der Waals surface area contributed by atoms with Gasteiger partial charge in [-0.05, 0) is 55.7 Å². The van der Waals surface area contributed by atoms with Gasteiger partial charge in [0, 0.05) is 11.9 Å². The van der Waals surface area contributed by atoms with Crippen LogP contribution >= 0.6 is 0 Å². The molecule has 0 fully saturated rings. The fourth-order valence-electron chi connectivity index (χ4n) is 2.06. The second kappa shape index (κ2) is 5.17. The van der Waals surface area contributed by atoms with Crippen LogP contribution in [0.1, 0.15) is 29.7 Å². The van der Waals surface area contributed by atoms with Gasteiger partial charge in [-0.25, -0.2) is 4.39 Å². The van der Waals surface area contributed by atoms with Crippen LogP contribution in [0, 0.1) is 19.7 Å². The molecule has 0 bridgehead atoms. The van der Waals surface area contributed by atoms with Crippen molar-refractivity contribution in [2.24, 2.45) is 0 Å². The lowest BCUT2D eigenvalue weighted by molar-refractivity contribution is 0.616. The number of halogens is 1. The molecule has 1 heterocycles. The fraction of sp³-hybridized carbons (Fsp3) is 0.267. The Hall–Kier alpha value is -1.90. The van der Waals surface area contributed by atoms with Crippen LogP contribution in [-0.4, -0.2) is 4.98 Å². The molecule has 94 valence electrons. The number of aromatic nitrogens is 1. The quantitative estimate of drug-likeness (QED) is 0.882. The van der Waals surface area contributed by atoms with E-state index in [1.807, 2.05) is 6.92 Å². The third-order valence-corrected chi connectivity index (χ3v) is 2.83. The molecule has 0 aliphatic rings. The van der Waals surface area contributed by atoms with E-state index in [0.717, 1.165) is 11.3 Å². The molecule has 0 aliphatic heterocycles. The van der Waals surface area contributed by atoms with Gasteiger partial charge in [-0.3, -0.25) is 4.98 Å². The van der Waals surface area contributed by atoms with E-state index in [1.54, 1.807) is 6.20 Å². The Kier molecular flexibility index (Phi) is 3.60. The van der Waals surface area contributed by atoms with E-state index in [1.165, 1.54) is 23.4 Å². The van der Waals surface area contributed by atoms with Crippen molar-refractivity contribution in [1.29, 1.82) is 0 Å². The highest BCUT2D eigenvalue weighted by molar-refractivity contribution is 5.49. The van der Waals surface area contributed by atoms with Crippen molar-refractivity contribution in [2.45, 2.75) is 26.8 Å². The van der Waals surface area contributed by atoms with E-state index < -0.39 is 0 Å². The van der Waals surface area contributed by atoms with Gasteiger partial charge < -0.3 is 5.32 Å². The van der Waals surface area contributed by atoms with Crippen molar-refractivity contribution in [3.63, 3.8) is 0 Å². The number of anilines is 1. The summed E-state index contributed by atoms with van der Waals surface area (Å²) in [6.07, 6.45) is 2.90. The number of benzene rings is 1. The van der Waals surface area contributed by atoms with Gasteiger partial charge in [-0.15, -0.1) is 0 Å². The van der Waals surface area contributed by atoms with Gasteiger partial charge in [0.05, 0.1) is 12.2 Å². The molecule has 0 saturated heterocycles. The normalized spacial score (nSPS) is 12.2. The van der Waals surface area contributed by atoms with Gasteiger partial charge in [0.2, 0.25) is 0 Å². The minimum absolute atomic E-state index is 0.0226. The summed E-state index contributed by atoms with van der Waals surface area (Å²) in [5, 5.41) is 3.36. The van der Waals surface area contributed by atoms with Crippen LogP contribution in [0.2, 0.25) is 0 Å². The van der Waals surface area contributed by atoms with Crippen LogP contribution in [0.4, 0.5) is 10.1 Å². The molecule has 18 heavy (non-hydrogen) atoms. The van der Waals surface area contributed by atoms with E-state index in [4.69, 9.17) is 0 Å². The maximum atomic E-state index is 13.1. The zero-order chi connectivity index (χ0) is 13.1. The SMILES string of the molecule is Cc1cc(C)cc(NC(C)c2cncc(F)c2)c1. The maximum Gasteiger partial charge on any atom is 0.141 e. The molecular formula is C15H17FN2. The summed E-state index contributed by atoms with van der Waals surface area (Å²) in [6, 6.07) is 7.81. The first kappa shape index (κ1) is 12.6. The first-order valence-electron chi connectivity index (χ1n) is 6.00. The van der Waals surface area contributed by atoms with Crippen molar-refractivity contribution < 1.29 is 4.39 Å². The zero-order valence-corrected chi connectivity index (χ0v) is 10.9. The van der Waals surface area contributed by atoms with Crippen LogP contribution in [0.3, 0.4) is 0 Å². The Morgan fingerprint density at radius 1 is 1.06 bits per heavy atom. The van der Waals surface area contributed by atoms with Crippen molar-refractivity contribution >= 4 is 5.69 Å². The maximum absolute atomic E-state index is 13.1. The van der Waals surface area contributed by atoms with E-state index in [2.05, 4.69) is 42.3 Å². The summed E-state index contributed by atoms with van der Waals surface area (Å²) in [5.74, 6) is -0.304. The predicted molar refractivity (Wildman–Crippen MR) is 72.1 cm³/mol. The molecule has 0 radical (unpaired) electrons. The average molecular weight is 244 g/mol. The molecule has 1 unspecified atom stereocenters. The van der Waals surface area contributed by atoms with E-state index in [9.17, 15) is 4.39 Å². The molecule has 0 spiro atoms. The highest BCUT2D eigenvalue weighted by atomic mass is 19.1. The summed E-state index contributed by atoms with van der Waals surface area (Å²) in [4.78, 5) is 3.87. The lowest BCUT2D eigenvalue weighted by atomic mass is 10.1. The number of pyridine rings is 1. The lowest BCUT2D eigenvalue weighted by Crippen LogP contribution is -2.07. The lowest BCUT2D eigenvalue weighted by Gasteiger charge is -2.16.